The average molecular weight is 1010 g/mol. The third kappa shape index (κ3) is 16.7. The lowest BCUT2D eigenvalue weighted by Gasteiger charge is -2.37. The van der Waals surface area contributed by atoms with Crippen LogP contribution in [0.2, 0.25) is 0 Å². The van der Waals surface area contributed by atoms with E-state index in [2.05, 4.69) is 34.2 Å². The molecule has 2 heterocycles. The molecule has 4 atom stereocenters. The van der Waals surface area contributed by atoms with Crippen LogP contribution < -0.4 is 25.4 Å². The summed E-state index contributed by atoms with van der Waals surface area (Å²) in [5.41, 5.74) is 6.99. The minimum Gasteiger partial charge on any atom is -0.491 e. The van der Waals surface area contributed by atoms with Crippen molar-refractivity contribution in [3.63, 3.8) is 0 Å². The van der Waals surface area contributed by atoms with Gasteiger partial charge in [-0.25, -0.2) is 0 Å². The Hall–Kier alpha value is -6.20. The summed E-state index contributed by atoms with van der Waals surface area (Å²) < 4.78 is 28.8. The Bertz CT molecular complexity index is 2520. The molecule has 0 radical (unpaired) electrons. The summed E-state index contributed by atoms with van der Waals surface area (Å²) in [5.74, 6) is 1.12. The van der Waals surface area contributed by atoms with Crippen LogP contribution in [0.25, 0.3) is 5.57 Å². The Balaban J connectivity index is 0.815. The van der Waals surface area contributed by atoms with Crippen LogP contribution in [0, 0.1) is 28.6 Å². The average Bonchev–Trinajstić information content (AvgIpc) is 4.12. The van der Waals surface area contributed by atoms with Crippen LogP contribution in [0.4, 0.5) is 0 Å². The number of Topliss-reactive ketones (excluding diaryl/α,β-unsaturated/α-hetero) is 1. The first-order chi connectivity index (χ1) is 35.5. The molecular formula is C58H72N6O8S. The van der Waals surface area contributed by atoms with Crippen molar-refractivity contribution >= 4 is 34.9 Å². The van der Waals surface area contributed by atoms with Crippen LogP contribution in [0.3, 0.4) is 0 Å². The van der Waals surface area contributed by atoms with Gasteiger partial charge in [-0.2, -0.15) is 10.5 Å². The van der Waals surface area contributed by atoms with Crippen molar-refractivity contribution in [3.8, 4) is 23.6 Å². The fourth-order valence-electron chi connectivity index (χ4n) is 9.26. The molecule has 2 amide bonds. The summed E-state index contributed by atoms with van der Waals surface area (Å²) in [6, 6.07) is 25.8. The molecule has 0 spiro atoms. The molecule has 1 unspecified atom stereocenters. The lowest BCUT2D eigenvalue weighted by Crippen LogP contribution is -2.58. The van der Waals surface area contributed by atoms with Gasteiger partial charge in [0.2, 0.25) is 17.6 Å². The zero-order chi connectivity index (χ0) is 52.0. The first-order valence-corrected chi connectivity index (χ1v) is 26.5. The molecule has 2 aliphatic heterocycles. The molecule has 0 bridgehead atoms. The van der Waals surface area contributed by atoms with E-state index in [4.69, 9.17) is 23.7 Å². The van der Waals surface area contributed by atoms with Crippen molar-refractivity contribution < 1.29 is 38.1 Å². The number of allylic oxidation sites excluding steroid dienone is 7. The van der Waals surface area contributed by atoms with E-state index in [1.165, 1.54) is 11.8 Å². The first kappa shape index (κ1) is 56.1. The van der Waals surface area contributed by atoms with Gasteiger partial charge in [-0.3, -0.25) is 14.4 Å². The molecular weight excluding hydrogens is 941 g/mol. The minimum absolute atomic E-state index is 0.0185. The van der Waals surface area contributed by atoms with E-state index in [0.29, 0.717) is 94.0 Å². The molecule has 3 aromatic carbocycles. The number of rotatable bonds is 27. The molecule has 1 saturated heterocycles. The predicted molar refractivity (Wildman–Crippen MR) is 286 cm³/mol. The number of carbonyl (C=O) groups is 3. The number of benzene rings is 3. The third-order valence-electron chi connectivity index (χ3n) is 13.4. The van der Waals surface area contributed by atoms with Crippen LogP contribution in [0.15, 0.2) is 113 Å². The maximum absolute atomic E-state index is 14.2. The van der Waals surface area contributed by atoms with Crippen LogP contribution >= 0.6 is 11.8 Å². The molecule has 14 nitrogen and oxygen atoms in total. The highest BCUT2D eigenvalue weighted by atomic mass is 32.2. The Morgan fingerprint density at radius 2 is 1.47 bits per heavy atom. The van der Waals surface area contributed by atoms with Crippen LogP contribution in [0.5, 0.6) is 11.5 Å². The number of nitrogens with zero attached hydrogens (tertiary/aromatic N) is 3. The van der Waals surface area contributed by atoms with Crippen molar-refractivity contribution in [2.45, 2.75) is 103 Å². The number of thioether (sulfide) groups is 1. The maximum Gasteiger partial charge on any atom is 0.245 e. The Morgan fingerprint density at radius 3 is 2.10 bits per heavy atom. The normalized spacial score (nSPS) is 17.9. The number of carbonyl (C=O) groups excluding carboxylic acids is 3. The zero-order valence-electron chi connectivity index (χ0n) is 43.1. The number of nitriles is 2. The van der Waals surface area contributed by atoms with Gasteiger partial charge in [0.1, 0.15) is 36.8 Å². The summed E-state index contributed by atoms with van der Waals surface area (Å²) in [6.07, 6.45) is 11.6. The number of hydrogen-bond donors (Lipinski definition) is 3. The van der Waals surface area contributed by atoms with Crippen LogP contribution in [0.1, 0.15) is 99.7 Å². The minimum atomic E-state index is -0.554. The summed E-state index contributed by atoms with van der Waals surface area (Å²) in [4.78, 5) is 42.8. The van der Waals surface area contributed by atoms with Gasteiger partial charge in [0, 0.05) is 17.5 Å². The lowest BCUT2D eigenvalue weighted by molar-refractivity contribution is -0.139. The number of ether oxygens (including phenoxy) is 5. The molecule has 2 fully saturated rings. The smallest absolute Gasteiger partial charge is 0.245 e. The highest BCUT2D eigenvalue weighted by Gasteiger charge is 2.42. The van der Waals surface area contributed by atoms with Gasteiger partial charge in [-0.05, 0) is 131 Å². The topological polar surface area (TPSA) is 184 Å². The largest absolute Gasteiger partial charge is 0.491 e. The summed E-state index contributed by atoms with van der Waals surface area (Å²) in [6.45, 7) is 11.5. The zero-order valence-corrected chi connectivity index (χ0v) is 43.9. The number of amides is 2. The molecule has 1 saturated carbocycles. The van der Waals surface area contributed by atoms with E-state index in [1.807, 2.05) is 79.6 Å². The number of likely N-dealkylation sites (tertiary alicyclic amines) is 1. The lowest BCUT2D eigenvalue weighted by atomic mass is 9.83. The van der Waals surface area contributed by atoms with Crippen molar-refractivity contribution in [3.05, 3.63) is 135 Å². The van der Waals surface area contributed by atoms with E-state index in [-0.39, 0.29) is 34.9 Å². The quantitative estimate of drug-likeness (QED) is 0.0285. The monoisotopic (exact) mass is 1010 g/mol. The van der Waals surface area contributed by atoms with Gasteiger partial charge in [0.25, 0.3) is 0 Å². The summed E-state index contributed by atoms with van der Waals surface area (Å²) in [7, 11) is 1.74. The SMILES string of the molecule is CN[C@@H](C)C(=O)N[C@H](C(=O)N1CCC[C@H]1C1NC(C(=O)c2cccc(OCCOCCOCCOCCOc3ccc(C/C=C/C(C)=C(/C#N)C(=C(C)C)c4ccc(C#N)cc4)cc3)c2)=CS1)C1CCCCC1. The number of hydrogen-bond acceptors (Lipinski definition) is 13. The van der Waals surface area contributed by atoms with E-state index in [9.17, 15) is 24.9 Å². The Morgan fingerprint density at radius 1 is 0.808 bits per heavy atom. The fourth-order valence-corrected chi connectivity index (χ4v) is 10.4. The molecule has 15 heteroatoms. The number of nitrogens with one attached hydrogen (secondary N) is 3. The van der Waals surface area contributed by atoms with E-state index < -0.39 is 12.1 Å². The number of likely N-dealkylation sites (N-methyl/N-ethyl adjacent to an activating group) is 1. The van der Waals surface area contributed by atoms with E-state index in [0.717, 1.165) is 78.5 Å². The molecule has 73 heavy (non-hydrogen) atoms. The molecule has 6 rings (SSSR count). The molecule has 0 aromatic heterocycles. The standard InChI is InChI=1S/C58H72N6O8S/c1-40(2)53(45-23-19-44(37-59)20-24-45)50(38-60)41(3)12-9-13-43-21-25-48(26-22-43)71-34-32-69-30-28-68-29-31-70-33-35-72-49-17-10-16-47(36-49)55(65)51-39-73-57(62-51)52-18-11-27-64(52)58(67)54(46-14-7-6-8-15-46)63-56(66)42(4)61-5/h9-10,12,16-17,19-26,36,39,42,46,52,54,57,61-62H,6-8,11,13-15,18,27-35H2,1-5H3,(H,63,66)/b12-9+,50-41-/t42-,52-,54-,57?/m0/s1. The Labute approximate surface area is 436 Å². The van der Waals surface area contributed by atoms with Gasteiger partial charge in [-0.1, -0.05) is 73.4 Å². The molecule has 3 N–H and O–H groups in total. The van der Waals surface area contributed by atoms with Gasteiger partial charge >= 0.3 is 0 Å². The van der Waals surface area contributed by atoms with Gasteiger partial charge in [-0.15, -0.1) is 11.8 Å². The molecule has 3 aromatic rings. The second-order valence-electron chi connectivity index (χ2n) is 18.7. The molecule has 1 aliphatic carbocycles. The van der Waals surface area contributed by atoms with Gasteiger partial charge < -0.3 is 44.5 Å². The molecule has 388 valence electrons. The highest BCUT2D eigenvalue weighted by molar-refractivity contribution is 8.03. The predicted octanol–water partition coefficient (Wildman–Crippen LogP) is 8.85. The second kappa shape index (κ2) is 29.5. The van der Waals surface area contributed by atoms with Crippen molar-refractivity contribution in [2.24, 2.45) is 5.92 Å². The van der Waals surface area contributed by atoms with Crippen LogP contribution in [-0.4, -0.2) is 112 Å². The molecule has 3 aliphatic rings. The van der Waals surface area contributed by atoms with Crippen molar-refractivity contribution in [1.29, 1.82) is 10.5 Å². The van der Waals surface area contributed by atoms with E-state index >= 15 is 0 Å². The van der Waals surface area contributed by atoms with Gasteiger partial charge in [0.15, 0.2) is 0 Å². The number of ketones is 1. The first-order valence-electron chi connectivity index (χ1n) is 25.6. The highest BCUT2D eigenvalue weighted by Crippen LogP contribution is 2.35. The maximum atomic E-state index is 14.2. The van der Waals surface area contributed by atoms with Crippen LogP contribution in [-0.2, 0) is 30.2 Å². The Kier molecular flexibility index (Phi) is 22.7. The fraction of sp³-hybridized carbons (Fsp3) is 0.466. The summed E-state index contributed by atoms with van der Waals surface area (Å²) >= 11 is 1.53. The van der Waals surface area contributed by atoms with Crippen molar-refractivity contribution in [2.75, 3.05) is 66.4 Å². The van der Waals surface area contributed by atoms with Gasteiger partial charge in [0.05, 0.1) is 80.0 Å². The summed E-state index contributed by atoms with van der Waals surface area (Å²) in [5, 5.41) is 30.4. The van der Waals surface area contributed by atoms with E-state index in [1.54, 1.807) is 44.3 Å². The van der Waals surface area contributed by atoms with Crippen molar-refractivity contribution in [1.82, 2.24) is 20.9 Å². The third-order valence-corrected chi connectivity index (χ3v) is 14.5. The second-order valence-corrected chi connectivity index (χ2v) is 19.8.